The van der Waals surface area contributed by atoms with Crippen molar-refractivity contribution in [2.45, 2.75) is 45.0 Å². The number of hydrogen-bond acceptors (Lipinski definition) is 7. The Morgan fingerprint density at radius 3 is 2.55 bits per heavy atom. The molecule has 20 heavy (non-hydrogen) atoms. The monoisotopic (exact) mass is 290 g/mol. The summed E-state index contributed by atoms with van der Waals surface area (Å²) >= 11 is 0. The molecule has 7 nitrogen and oxygen atoms in total. The minimum Gasteiger partial charge on any atom is -0.487 e. The maximum Gasteiger partial charge on any atom is 0.378 e. The van der Waals surface area contributed by atoms with Gasteiger partial charge in [0.2, 0.25) is 5.76 Å². The van der Waals surface area contributed by atoms with Gasteiger partial charge in [-0.25, -0.2) is 4.79 Å². The Labute approximate surface area is 117 Å². The van der Waals surface area contributed by atoms with Crippen molar-refractivity contribution in [2.75, 3.05) is 19.8 Å². The third-order valence-electron chi connectivity index (χ3n) is 2.47. The van der Waals surface area contributed by atoms with E-state index in [0.717, 1.165) is 0 Å². The smallest absolute Gasteiger partial charge is 0.378 e. The van der Waals surface area contributed by atoms with Crippen molar-refractivity contribution in [2.24, 2.45) is 0 Å². The molecule has 7 heteroatoms. The highest BCUT2D eigenvalue weighted by Crippen LogP contribution is 2.28. The summed E-state index contributed by atoms with van der Waals surface area (Å²) < 4.78 is 15.6. The van der Waals surface area contributed by atoms with E-state index in [1.54, 1.807) is 0 Å². The van der Waals surface area contributed by atoms with Gasteiger partial charge in [0.25, 0.3) is 0 Å². The van der Waals surface area contributed by atoms with E-state index in [1.807, 2.05) is 6.92 Å². The van der Waals surface area contributed by atoms with Crippen LogP contribution in [0.3, 0.4) is 0 Å². The van der Waals surface area contributed by atoms with Crippen LogP contribution in [-0.2, 0) is 19.0 Å². The van der Waals surface area contributed by atoms with Gasteiger partial charge in [-0.2, -0.15) is 0 Å². The number of aliphatic hydroxyl groups excluding tert-OH is 2. The quantitative estimate of drug-likeness (QED) is 0.527. The molecule has 0 spiro atoms. The molecular formula is C13H22O7. The summed E-state index contributed by atoms with van der Waals surface area (Å²) in [6.07, 6.45) is -1.75. The molecule has 0 amide bonds. The predicted octanol–water partition coefficient (Wildman–Crippen LogP) is -0.309. The van der Waals surface area contributed by atoms with Crippen LogP contribution in [0, 0.1) is 0 Å². The molecule has 0 aromatic rings. The van der Waals surface area contributed by atoms with Gasteiger partial charge in [-0.15, -0.1) is 0 Å². The summed E-state index contributed by atoms with van der Waals surface area (Å²) in [4.78, 5) is 11.7. The van der Waals surface area contributed by atoms with E-state index in [2.05, 4.69) is 0 Å². The number of cyclic esters (lactones) is 1. The highest BCUT2D eigenvalue weighted by atomic mass is 16.6. The third kappa shape index (κ3) is 4.36. The first-order chi connectivity index (χ1) is 9.30. The molecule has 0 aliphatic carbocycles. The zero-order valence-electron chi connectivity index (χ0n) is 12.0. The molecule has 0 bridgehead atoms. The largest absolute Gasteiger partial charge is 0.487 e. The van der Waals surface area contributed by atoms with Gasteiger partial charge in [0.15, 0.2) is 11.9 Å². The Hall–Kier alpha value is -1.31. The van der Waals surface area contributed by atoms with Crippen LogP contribution in [0.4, 0.5) is 0 Å². The maximum absolute atomic E-state index is 11.7. The zero-order valence-corrected chi connectivity index (χ0v) is 12.0. The van der Waals surface area contributed by atoms with Crippen LogP contribution in [0.15, 0.2) is 11.5 Å². The average molecular weight is 290 g/mol. The van der Waals surface area contributed by atoms with Crippen LogP contribution in [0.2, 0.25) is 0 Å². The van der Waals surface area contributed by atoms with Crippen LogP contribution in [0.25, 0.3) is 0 Å². The van der Waals surface area contributed by atoms with Crippen molar-refractivity contribution in [3.05, 3.63) is 11.5 Å². The minimum absolute atomic E-state index is 0.00660. The Morgan fingerprint density at radius 1 is 1.40 bits per heavy atom. The van der Waals surface area contributed by atoms with Crippen LogP contribution >= 0.6 is 0 Å². The number of esters is 1. The van der Waals surface area contributed by atoms with Gasteiger partial charge in [0.05, 0.1) is 18.8 Å². The highest BCUT2D eigenvalue weighted by molar-refractivity contribution is 5.89. The van der Waals surface area contributed by atoms with E-state index >= 15 is 0 Å². The van der Waals surface area contributed by atoms with Crippen LogP contribution in [0.5, 0.6) is 0 Å². The second kappa shape index (κ2) is 6.92. The lowest BCUT2D eigenvalue weighted by atomic mass is 10.1. The highest BCUT2D eigenvalue weighted by Gasteiger charge is 2.42. The van der Waals surface area contributed by atoms with E-state index < -0.39 is 30.4 Å². The van der Waals surface area contributed by atoms with Crippen molar-refractivity contribution in [1.82, 2.24) is 0 Å². The summed E-state index contributed by atoms with van der Waals surface area (Å²) in [6.45, 7) is 4.55. The molecule has 0 fully saturated rings. The number of hydrogen-bond donors (Lipinski definition) is 3. The van der Waals surface area contributed by atoms with Crippen molar-refractivity contribution < 1.29 is 34.3 Å². The Bertz CT molecular complexity index is 369. The number of carbonyl (C=O) groups is 1. The van der Waals surface area contributed by atoms with Gasteiger partial charge in [-0.05, 0) is 20.3 Å². The molecule has 0 aromatic heterocycles. The van der Waals surface area contributed by atoms with Gasteiger partial charge in [0, 0.05) is 0 Å². The lowest BCUT2D eigenvalue weighted by Crippen LogP contribution is -2.34. The van der Waals surface area contributed by atoms with Crippen molar-refractivity contribution in [1.29, 1.82) is 0 Å². The molecule has 116 valence electrons. The normalized spacial score (nSPS) is 20.9. The van der Waals surface area contributed by atoms with Crippen molar-refractivity contribution in [3.8, 4) is 0 Å². The predicted molar refractivity (Wildman–Crippen MR) is 68.5 cm³/mol. The fourth-order valence-electron chi connectivity index (χ4n) is 1.54. The van der Waals surface area contributed by atoms with Crippen LogP contribution in [0.1, 0.15) is 27.2 Å². The fourth-order valence-corrected chi connectivity index (χ4v) is 1.54. The van der Waals surface area contributed by atoms with Gasteiger partial charge in [-0.3, -0.25) is 0 Å². The maximum atomic E-state index is 11.7. The Kier molecular flexibility index (Phi) is 5.79. The van der Waals surface area contributed by atoms with Gasteiger partial charge < -0.3 is 29.5 Å². The molecule has 0 radical (unpaired) electrons. The van der Waals surface area contributed by atoms with Crippen LogP contribution < -0.4 is 0 Å². The molecule has 2 atom stereocenters. The summed E-state index contributed by atoms with van der Waals surface area (Å²) in [7, 11) is 0. The first kappa shape index (κ1) is 16.7. The van der Waals surface area contributed by atoms with E-state index in [1.165, 1.54) is 13.8 Å². The molecule has 1 aliphatic heterocycles. The van der Waals surface area contributed by atoms with E-state index in [9.17, 15) is 15.0 Å². The SMILES string of the molecule is CCCOC1=C(OCC(C)(C)O)[C@@H]([C@@H](O)CO)OC1=O. The summed E-state index contributed by atoms with van der Waals surface area (Å²) in [5.41, 5.74) is -1.12. The molecular weight excluding hydrogens is 268 g/mol. The van der Waals surface area contributed by atoms with E-state index in [0.29, 0.717) is 13.0 Å². The third-order valence-corrected chi connectivity index (χ3v) is 2.47. The lowest BCUT2D eigenvalue weighted by Gasteiger charge is -2.22. The second-order valence-corrected chi connectivity index (χ2v) is 5.22. The fraction of sp³-hybridized carbons (Fsp3) is 0.769. The van der Waals surface area contributed by atoms with Crippen molar-refractivity contribution in [3.63, 3.8) is 0 Å². The number of ether oxygens (including phenoxy) is 3. The topological polar surface area (TPSA) is 105 Å². The number of aliphatic hydroxyl groups is 3. The number of rotatable bonds is 8. The first-order valence-corrected chi connectivity index (χ1v) is 6.52. The summed E-state index contributed by atoms with van der Waals surface area (Å²) in [5.74, 6) is -0.859. The van der Waals surface area contributed by atoms with Gasteiger partial charge >= 0.3 is 5.97 Å². The number of carbonyl (C=O) groups excluding carboxylic acids is 1. The minimum atomic E-state index is -1.31. The molecule has 0 unspecified atom stereocenters. The second-order valence-electron chi connectivity index (χ2n) is 5.22. The molecule has 0 aromatic carbocycles. The molecule has 1 heterocycles. The molecule has 1 aliphatic rings. The molecule has 0 saturated carbocycles. The Morgan fingerprint density at radius 2 is 2.05 bits per heavy atom. The molecule has 1 rings (SSSR count). The standard InChI is InChI=1S/C13H22O7/c1-4-5-18-11-10(19-7-13(2,3)17)9(8(15)6-14)20-12(11)16/h8-9,14-15,17H,4-7H2,1-3H3/t8-,9+/m0/s1. The van der Waals surface area contributed by atoms with Crippen molar-refractivity contribution >= 4 is 5.97 Å². The summed E-state index contributed by atoms with van der Waals surface area (Å²) in [5, 5.41) is 28.3. The van der Waals surface area contributed by atoms with Crippen LogP contribution in [-0.4, -0.2) is 58.9 Å². The van der Waals surface area contributed by atoms with E-state index in [-0.39, 0.29) is 18.1 Å². The Balaban J connectivity index is 2.93. The van der Waals surface area contributed by atoms with Gasteiger partial charge in [-0.1, -0.05) is 6.92 Å². The molecule has 3 N–H and O–H groups in total. The van der Waals surface area contributed by atoms with Gasteiger partial charge in [0.1, 0.15) is 12.7 Å². The summed E-state index contributed by atoms with van der Waals surface area (Å²) in [6, 6.07) is 0. The van der Waals surface area contributed by atoms with E-state index in [4.69, 9.17) is 19.3 Å². The molecule has 0 saturated heterocycles. The lowest BCUT2D eigenvalue weighted by molar-refractivity contribution is -0.149. The average Bonchev–Trinajstić information content (AvgIpc) is 2.68. The first-order valence-electron chi connectivity index (χ1n) is 6.52. The zero-order chi connectivity index (χ0) is 15.3.